The van der Waals surface area contributed by atoms with Gasteiger partial charge >= 0.3 is 0 Å². The molecule has 0 aliphatic rings. The highest BCUT2D eigenvalue weighted by Crippen LogP contribution is 2.17. The predicted octanol–water partition coefficient (Wildman–Crippen LogP) is 2.70. The van der Waals surface area contributed by atoms with E-state index in [2.05, 4.69) is 19.9 Å². The monoisotopic (exact) mass is 232 g/mol. The summed E-state index contributed by atoms with van der Waals surface area (Å²) in [4.78, 5) is 0. The lowest BCUT2D eigenvalue weighted by atomic mass is 10.00. The number of nitriles is 1. The fourth-order valence-corrected chi connectivity index (χ4v) is 1.49. The lowest BCUT2D eigenvalue weighted by molar-refractivity contribution is 0.296. The maximum Gasteiger partial charge on any atom is 0.119 e. The molecule has 17 heavy (non-hydrogen) atoms. The molecular formula is C14H20N2O. The number of hydrogen-bond acceptors (Lipinski definition) is 3. The zero-order valence-corrected chi connectivity index (χ0v) is 10.8. The second-order valence-electron chi connectivity index (χ2n) is 4.73. The van der Waals surface area contributed by atoms with Crippen LogP contribution in [0.15, 0.2) is 18.2 Å². The minimum atomic E-state index is -0.743. The summed E-state index contributed by atoms with van der Waals surface area (Å²) in [5, 5.41) is 8.76. The van der Waals surface area contributed by atoms with Gasteiger partial charge < -0.3 is 10.5 Å². The topological polar surface area (TPSA) is 59.0 Å². The van der Waals surface area contributed by atoms with E-state index in [0.717, 1.165) is 12.2 Å². The Hall–Kier alpha value is -1.53. The summed E-state index contributed by atoms with van der Waals surface area (Å²) in [6.07, 6.45) is 1.43. The van der Waals surface area contributed by atoms with E-state index in [4.69, 9.17) is 15.7 Å². The van der Waals surface area contributed by atoms with Crippen LogP contribution in [0.5, 0.6) is 5.75 Å². The van der Waals surface area contributed by atoms with Gasteiger partial charge in [-0.2, -0.15) is 5.26 Å². The van der Waals surface area contributed by atoms with Gasteiger partial charge in [0.25, 0.3) is 0 Å². The molecule has 3 nitrogen and oxygen atoms in total. The third-order valence-electron chi connectivity index (χ3n) is 2.84. The molecule has 1 aromatic rings. The quantitative estimate of drug-likeness (QED) is 0.794. The van der Waals surface area contributed by atoms with E-state index >= 15 is 0 Å². The van der Waals surface area contributed by atoms with Crippen molar-refractivity contribution in [3.63, 3.8) is 0 Å². The van der Waals surface area contributed by atoms with Crippen molar-refractivity contribution in [2.45, 2.75) is 39.2 Å². The van der Waals surface area contributed by atoms with Crippen LogP contribution >= 0.6 is 0 Å². The molecular weight excluding hydrogens is 212 g/mol. The number of hydrogen-bond donors (Lipinski definition) is 1. The molecule has 2 N–H and O–H groups in total. The molecule has 0 aliphatic carbocycles. The second kappa shape index (κ2) is 5.70. The van der Waals surface area contributed by atoms with E-state index in [-0.39, 0.29) is 0 Å². The third kappa shape index (κ3) is 4.46. The number of ether oxygens (including phenoxy) is 1. The Balaban J connectivity index is 2.37. The van der Waals surface area contributed by atoms with Crippen LogP contribution in [0, 0.1) is 25.2 Å². The minimum Gasteiger partial charge on any atom is -0.494 e. The van der Waals surface area contributed by atoms with Crippen molar-refractivity contribution in [1.29, 1.82) is 5.26 Å². The van der Waals surface area contributed by atoms with E-state index in [1.54, 1.807) is 6.92 Å². The molecule has 0 amide bonds. The van der Waals surface area contributed by atoms with Gasteiger partial charge in [-0.25, -0.2) is 0 Å². The summed E-state index contributed by atoms with van der Waals surface area (Å²) in [6.45, 7) is 6.47. The first-order valence-corrected chi connectivity index (χ1v) is 5.85. The molecule has 0 fully saturated rings. The van der Waals surface area contributed by atoms with Crippen molar-refractivity contribution in [2.75, 3.05) is 6.61 Å². The highest BCUT2D eigenvalue weighted by Gasteiger charge is 2.16. The first kappa shape index (κ1) is 13.5. The molecule has 0 saturated heterocycles. The molecule has 0 heterocycles. The van der Waals surface area contributed by atoms with Gasteiger partial charge in [0.05, 0.1) is 12.7 Å². The van der Waals surface area contributed by atoms with Gasteiger partial charge in [0.2, 0.25) is 0 Å². The lowest BCUT2D eigenvalue weighted by Gasteiger charge is -2.15. The van der Waals surface area contributed by atoms with Crippen LogP contribution in [0.4, 0.5) is 0 Å². The van der Waals surface area contributed by atoms with Crippen LogP contribution in [-0.2, 0) is 0 Å². The molecule has 1 rings (SSSR count). The molecule has 0 bridgehead atoms. The van der Waals surface area contributed by atoms with E-state index < -0.39 is 5.54 Å². The van der Waals surface area contributed by atoms with Gasteiger partial charge in [-0.05, 0) is 56.9 Å². The van der Waals surface area contributed by atoms with Crippen molar-refractivity contribution in [2.24, 2.45) is 5.73 Å². The Labute approximate surface area is 103 Å². The summed E-state index contributed by atoms with van der Waals surface area (Å²) >= 11 is 0. The SMILES string of the molecule is Cc1ccc(OCCCC(C)(N)C#N)cc1C. The molecule has 0 aromatic heterocycles. The molecule has 1 unspecified atom stereocenters. The molecule has 0 aliphatic heterocycles. The van der Waals surface area contributed by atoms with Gasteiger partial charge in [-0.15, -0.1) is 0 Å². The van der Waals surface area contributed by atoms with Crippen molar-refractivity contribution in [3.8, 4) is 11.8 Å². The summed E-state index contributed by atoms with van der Waals surface area (Å²) in [7, 11) is 0. The van der Waals surface area contributed by atoms with Gasteiger partial charge in [-0.3, -0.25) is 0 Å². The number of nitrogens with zero attached hydrogens (tertiary/aromatic N) is 1. The first-order chi connectivity index (χ1) is 7.94. The highest BCUT2D eigenvalue weighted by atomic mass is 16.5. The number of aryl methyl sites for hydroxylation is 2. The fraction of sp³-hybridized carbons (Fsp3) is 0.500. The Morgan fingerprint density at radius 2 is 2.06 bits per heavy atom. The van der Waals surface area contributed by atoms with Crippen LogP contribution < -0.4 is 10.5 Å². The van der Waals surface area contributed by atoms with Crippen LogP contribution in [0.3, 0.4) is 0 Å². The lowest BCUT2D eigenvalue weighted by Crippen LogP contribution is -2.34. The summed E-state index contributed by atoms with van der Waals surface area (Å²) in [6, 6.07) is 8.12. The fourth-order valence-electron chi connectivity index (χ4n) is 1.49. The first-order valence-electron chi connectivity index (χ1n) is 5.85. The maximum absolute atomic E-state index is 8.76. The van der Waals surface area contributed by atoms with E-state index in [0.29, 0.717) is 13.0 Å². The van der Waals surface area contributed by atoms with Crippen molar-refractivity contribution >= 4 is 0 Å². The minimum absolute atomic E-state index is 0.594. The molecule has 3 heteroatoms. The average molecular weight is 232 g/mol. The zero-order valence-electron chi connectivity index (χ0n) is 10.8. The summed E-state index contributed by atoms with van der Waals surface area (Å²) in [5.74, 6) is 0.879. The number of benzene rings is 1. The van der Waals surface area contributed by atoms with Gasteiger partial charge in [0, 0.05) is 0 Å². The molecule has 1 aromatic carbocycles. The average Bonchev–Trinajstić information content (AvgIpc) is 2.29. The summed E-state index contributed by atoms with van der Waals surface area (Å²) < 4.78 is 5.62. The van der Waals surface area contributed by atoms with Crippen molar-refractivity contribution in [3.05, 3.63) is 29.3 Å². The maximum atomic E-state index is 8.76. The van der Waals surface area contributed by atoms with E-state index in [9.17, 15) is 0 Å². The van der Waals surface area contributed by atoms with Gasteiger partial charge in [-0.1, -0.05) is 6.07 Å². The standard InChI is InChI=1S/C14H20N2O/c1-11-5-6-13(9-12(11)2)17-8-4-7-14(3,16)10-15/h5-6,9H,4,7-8,16H2,1-3H3. The van der Waals surface area contributed by atoms with E-state index in [1.165, 1.54) is 11.1 Å². The van der Waals surface area contributed by atoms with Crippen LogP contribution in [0.2, 0.25) is 0 Å². The second-order valence-corrected chi connectivity index (χ2v) is 4.73. The Morgan fingerprint density at radius 3 is 2.65 bits per heavy atom. The van der Waals surface area contributed by atoms with Gasteiger partial charge in [0.15, 0.2) is 0 Å². The van der Waals surface area contributed by atoms with Crippen LogP contribution in [0.1, 0.15) is 30.9 Å². The predicted molar refractivity (Wildman–Crippen MR) is 68.9 cm³/mol. The molecule has 0 saturated carbocycles. The number of nitrogens with two attached hydrogens (primary N) is 1. The smallest absolute Gasteiger partial charge is 0.119 e. The molecule has 92 valence electrons. The Bertz CT molecular complexity index is 419. The van der Waals surface area contributed by atoms with E-state index in [1.807, 2.05) is 18.2 Å². The van der Waals surface area contributed by atoms with Crippen molar-refractivity contribution < 1.29 is 4.74 Å². The van der Waals surface area contributed by atoms with Crippen LogP contribution in [-0.4, -0.2) is 12.1 Å². The normalized spacial score (nSPS) is 13.8. The molecule has 1 atom stereocenters. The summed E-state index contributed by atoms with van der Waals surface area (Å²) in [5.41, 5.74) is 7.46. The third-order valence-corrected chi connectivity index (χ3v) is 2.84. The molecule has 0 spiro atoms. The Kier molecular flexibility index (Phi) is 4.53. The van der Waals surface area contributed by atoms with Crippen LogP contribution in [0.25, 0.3) is 0 Å². The molecule has 0 radical (unpaired) electrons. The zero-order chi connectivity index (χ0) is 12.9. The van der Waals surface area contributed by atoms with Gasteiger partial charge in [0.1, 0.15) is 11.3 Å². The Morgan fingerprint density at radius 1 is 1.35 bits per heavy atom. The highest BCUT2D eigenvalue weighted by molar-refractivity contribution is 5.33. The largest absolute Gasteiger partial charge is 0.494 e. The van der Waals surface area contributed by atoms with Crippen molar-refractivity contribution in [1.82, 2.24) is 0 Å². The number of rotatable bonds is 5.